The molecule has 0 aliphatic heterocycles. The first-order valence-electron chi connectivity index (χ1n) is 8.39. The first kappa shape index (κ1) is 19.3. The standard InChI is InChI=1S/C20H16F3N3O2/c21-20(22,23)16-8-6-14(7-9-16)12-24-19(28)17-10-11-18(27)26(25-17)13-15-4-2-1-3-5-15/h1-11H,12-13H2,(H,24,28). The molecule has 0 atom stereocenters. The maximum absolute atomic E-state index is 12.6. The van der Waals surface area contributed by atoms with E-state index in [-0.39, 0.29) is 24.3 Å². The van der Waals surface area contributed by atoms with Crippen LogP contribution in [0.25, 0.3) is 0 Å². The van der Waals surface area contributed by atoms with Crippen molar-refractivity contribution in [2.75, 3.05) is 0 Å². The highest BCUT2D eigenvalue weighted by Crippen LogP contribution is 2.29. The zero-order valence-electron chi connectivity index (χ0n) is 14.6. The Balaban J connectivity index is 1.67. The Kier molecular flexibility index (Phi) is 5.58. The molecule has 0 aliphatic carbocycles. The van der Waals surface area contributed by atoms with Gasteiger partial charge in [0.05, 0.1) is 12.1 Å². The minimum absolute atomic E-state index is 0.0382. The number of benzene rings is 2. The normalized spacial score (nSPS) is 11.2. The Hall–Kier alpha value is -3.42. The molecule has 0 saturated carbocycles. The summed E-state index contributed by atoms with van der Waals surface area (Å²) in [4.78, 5) is 24.3. The van der Waals surface area contributed by atoms with Crippen molar-refractivity contribution in [3.63, 3.8) is 0 Å². The molecular formula is C20H16F3N3O2. The molecule has 1 amide bonds. The van der Waals surface area contributed by atoms with E-state index in [1.807, 2.05) is 30.3 Å². The van der Waals surface area contributed by atoms with Gasteiger partial charge in [-0.3, -0.25) is 9.59 Å². The Bertz CT molecular complexity index is 1010. The topological polar surface area (TPSA) is 64.0 Å². The van der Waals surface area contributed by atoms with Gasteiger partial charge in [0.15, 0.2) is 0 Å². The first-order valence-corrected chi connectivity index (χ1v) is 8.39. The van der Waals surface area contributed by atoms with Crippen molar-refractivity contribution in [2.45, 2.75) is 19.3 Å². The number of rotatable bonds is 5. The van der Waals surface area contributed by atoms with Crippen molar-refractivity contribution in [3.05, 3.63) is 99.5 Å². The van der Waals surface area contributed by atoms with E-state index < -0.39 is 17.6 Å². The number of aromatic nitrogens is 2. The molecule has 2 aromatic carbocycles. The fourth-order valence-electron chi connectivity index (χ4n) is 2.52. The number of hydrogen-bond donors (Lipinski definition) is 1. The zero-order chi connectivity index (χ0) is 20.1. The third kappa shape index (κ3) is 4.85. The molecule has 3 aromatic rings. The number of alkyl halides is 3. The fraction of sp³-hybridized carbons (Fsp3) is 0.150. The molecular weight excluding hydrogens is 371 g/mol. The maximum Gasteiger partial charge on any atom is 0.416 e. The van der Waals surface area contributed by atoms with E-state index in [0.717, 1.165) is 17.7 Å². The highest BCUT2D eigenvalue weighted by molar-refractivity contribution is 5.91. The van der Waals surface area contributed by atoms with Crippen LogP contribution in [0.5, 0.6) is 0 Å². The molecule has 8 heteroatoms. The second kappa shape index (κ2) is 8.08. The molecule has 5 nitrogen and oxygen atoms in total. The van der Waals surface area contributed by atoms with Gasteiger partial charge in [-0.2, -0.15) is 18.3 Å². The van der Waals surface area contributed by atoms with Crippen LogP contribution in [0.3, 0.4) is 0 Å². The number of carbonyl (C=O) groups is 1. The van der Waals surface area contributed by atoms with Crippen LogP contribution in [0.2, 0.25) is 0 Å². The summed E-state index contributed by atoms with van der Waals surface area (Å²) in [5, 5.41) is 6.66. The van der Waals surface area contributed by atoms with Crippen LogP contribution < -0.4 is 10.9 Å². The van der Waals surface area contributed by atoms with E-state index >= 15 is 0 Å². The zero-order valence-corrected chi connectivity index (χ0v) is 14.6. The molecule has 1 N–H and O–H groups in total. The molecule has 0 saturated heterocycles. The molecule has 144 valence electrons. The lowest BCUT2D eigenvalue weighted by molar-refractivity contribution is -0.137. The number of hydrogen-bond acceptors (Lipinski definition) is 3. The van der Waals surface area contributed by atoms with Crippen molar-refractivity contribution >= 4 is 5.91 Å². The number of nitrogens with zero attached hydrogens (tertiary/aromatic N) is 2. The van der Waals surface area contributed by atoms with Crippen LogP contribution in [0, 0.1) is 0 Å². The average molecular weight is 387 g/mol. The summed E-state index contributed by atoms with van der Waals surface area (Å²) in [6.07, 6.45) is -4.40. The lowest BCUT2D eigenvalue weighted by atomic mass is 10.1. The second-order valence-electron chi connectivity index (χ2n) is 6.08. The van der Waals surface area contributed by atoms with E-state index in [4.69, 9.17) is 0 Å². The molecule has 3 rings (SSSR count). The van der Waals surface area contributed by atoms with Gasteiger partial charge in [-0.25, -0.2) is 4.68 Å². The van der Waals surface area contributed by atoms with Gasteiger partial charge in [0.1, 0.15) is 5.69 Å². The monoisotopic (exact) mass is 387 g/mol. The molecule has 28 heavy (non-hydrogen) atoms. The Morgan fingerprint density at radius 3 is 2.25 bits per heavy atom. The van der Waals surface area contributed by atoms with E-state index in [1.165, 1.54) is 28.9 Å². The van der Waals surface area contributed by atoms with Crippen LogP contribution in [0.15, 0.2) is 71.5 Å². The van der Waals surface area contributed by atoms with E-state index in [2.05, 4.69) is 10.4 Å². The summed E-state index contributed by atoms with van der Waals surface area (Å²) in [6.45, 7) is 0.260. The lowest BCUT2D eigenvalue weighted by Crippen LogP contribution is -2.29. The Morgan fingerprint density at radius 2 is 1.61 bits per heavy atom. The molecule has 1 heterocycles. The van der Waals surface area contributed by atoms with Gasteiger partial charge in [-0.1, -0.05) is 42.5 Å². The largest absolute Gasteiger partial charge is 0.416 e. The smallest absolute Gasteiger partial charge is 0.347 e. The number of halogens is 3. The van der Waals surface area contributed by atoms with Gasteiger partial charge in [0.25, 0.3) is 11.5 Å². The first-order chi connectivity index (χ1) is 13.3. The third-order valence-electron chi connectivity index (χ3n) is 4.01. The summed E-state index contributed by atoms with van der Waals surface area (Å²) < 4.78 is 38.9. The SMILES string of the molecule is O=C(NCc1ccc(C(F)(F)F)cc1)c1ccc(=O)n(Cc2ccccc2)n1. The van der Waals surface area contributed by atoms with Crippen LogP contribution in [-0.2, 0) is 19.3 Å². The van der Waals surface area contributed by atoms with Crippen LogP contribution in [0.1, 0.15) is 27.2 Å². The number of carbonyl (C=O) groups excluding carboxylic acids is 1. The Morgan fingerprint density at radius 1 is 0.929 bits per heavy atom. The van der Waals surface area contributed by atoms with Gasteiger partial charge >= 0.3 is 6.18 Å². The predicted molar refractivity (Wildman–Crippen MR) is 96.7 cm³/mol. The summed E-state index contributed by atoms with van der Waals surface area (Å²) in [6, 6.07) is 16.3. The molecule has 0 spiro atoms. The summed E-state index contributed by atoms with van der Waals surface area (Å²) in [7, 11) is 0. The van der Waals surface area contributed by atoms with Gasteiger partial charge in [0, 0.05) is 12.6 Å². The van der Waals surface area contributed by atoms with E-state index in [9.17, 15) is 22.8 Å². The van der Waals surface area contributed by atoms with Gasteiger partial charge in [-0.05, 0) is 29.3 Å². The highest BCUT2D eigenvalue weighted by atomic mass is 19.4. The second-order valence-corrected chi connectivity index (χ2v) is 6.08. The molecule has 0 bridgehead atoms. The molecule has 1 aromatic heterocycles. The predicted octanol–water partition coefficient (Wildman–Crippen LogP) is 3.24. The summed E-state index contributed by atoms with van der Waals surface area (Å²) in [5.41, 5.74) is 0.321. The fourth-order valence-corrected chi connectivity index (χ4v) is 2.52. The van der Waals surface area contributed by atoms with Gasteiger partial charge in [0.2, 0.25) is 0 Å². The van der Waals surface area contributed by atoms with Crippen LogP contribution in [0.4, 0.5) is 13.2 Å². The highest BCUT2D eigenvalue weighted by Gasteiger charge is 2.29. The minimum Gasteiger partial charge on any atom is -0.347 e. The van der Waals surface area contributed by atoms with E-state index in [0.29, 0.717) is 5.56 Å². The Labute approximate surface area is 158 Å². The van der Waals surface area contributed by atoms with Gasteiger partial charge < -0.3 is 5.32 Å². The van der Waals surface area contributed by atoms with Crippen LogP contribution >= 0.6 is 0 Å². The summed E-state index contributed by atoms with van der Waals surface area (Å²) in [5.74, 6) is -0.526. The molecule has 0 aliphatic rings. The van der Waals surface area contributed by atoms with Crippen molar-refractivity contribution in [1.82, 2.24) is 15.1 Å². The minimum atomic E-state index is -4.40. The van der Waals surface area contributed by atoms with E-state index in [1.54, 1.807) is 0 Å². The molecule has 0 unspecified atom stereocenters. The van der Waals surface area contributed by atoms with Crippen molar-refractivity contribution in [3.8, 4) is 0 Å². The molecule has 0 fully saturated rings. The third-order valence-corrected chi connectivity index (χ3v) is 4.01. The number of amides is 1. The lowest BCUT2D eigenvalue weighted by Gasteiger charge is -2.09. The van der Waals surface area contributed by atoms with Crippen molar-refractivity contribution < 1.29 is 18.0 Å². The van der Waals surface area contributed by atoms with Crippen LogP contribution in [-0.4, -0.2) is 15.7 Å². The van der Waals surface area contributed by atoms with Crippen molar-refractivity contribution in [2.24, 2.45) is 0 Å². The average Bonchev–Trinajstić information content (AvgIpc) is 2.68. The maximum atomic E-state index is 12.6. The quantitative estimate of drug-likeness (QED) is 0.731. The summed E-state index contributed by atoms with van der Waals surface area (Å²) >= 11 is 0. The van der Waals surface area contributed by atoms with Gasteiger partial charge in [-0.15, -0.1) is 0 Å². The number of nitrogens with one attached hydrogen (secondary N) is 1. The van der Waals surface area contributed by atoms with Crippen molar-refractivity contribution in [1.29, 1.82) is 0 Å². The molecule has 0 radical (unpaired) electrons.